The highest BCUT2D eigenvalue weighted by molar-refractivity contribution is 5.87. The van der Waals surface area contributed by atoms with Crippen LogP contribution in [0.3, 0.4) is 0 Å². The van der Waals surface area contributed by atoms with Crippen LogP contribution in [0, 0.1) is 6.92 Å². The molecule has 1 aromatic rings. The molecule has 0 fully saturated rings. The van der Waals surface area contributed by atoms with E-state index in [1.165, 1.54) is 56.3 Å². The molecule has 1 aromatic carbocycles. The van der Waals surface area contributed by atoms with Gasteiger partial charge in [0.2, 0.25) is 0 Å². The van der Waals surface area contributed by atoms with Gasteiger partial charge < -0.3 is 9.59 Å². The maximum atomic E-state index is 10.3. The maximum Gasteiger partial charge on any atom is 0.335 e. The number of aromatic carboxylic acids is 1. The smallest absolute Gasteiger partial charge is 0.335 e. The molecule has 0 aromatic heterocycles. The van der Waals surface area contributed by atoms with Crippen molar-refractivity contribution in [3.05, 3.63) is 35.4 Å². The SMILES string of the molecule is CCC[N+](CCC)(CCC)CCC.Cc1ccc(C(=O)O)cc1. The molecular formula is C20H36NO2+. The third-order valence-electron chi connectivity index (χ3n) is 4.09. The summed E-state index contributed by atoms with van der Waals surface area (Å²) in [5, 5.41) is 8.48. The van der Waals surface area contributed by atoms with Crippen molar-refractivity contribution in [2.75, 3.05) is 26.2 Å². The van der Waals surface area contributed by atoms with Crippen LogP contribution in [-0.2, 0) is 0 Å². The maximum absolute atomic E-state index is 10.3. The Morgan fingerprint density at radius 1 is 0.826 bits per heavy atom. The van der Waals surface area contributed by atoms with E-state index in [1.54, 1.807) is 24.3 Å². The van der Waals surface area contributed by atoms with Gasteiger partial charge in [-0.3, -0.25) is 0 Å². The summed E-state index contributed by atoms with van der Waals surface area (Å²) in [7, 11) is 0. The number of benzene rings is 1. The van der Waals surface area contributed by atoms with Gasteiger partial charge >= 0.3 is 5.97 Å². The molecule has 3 heteroatoms. The van der Waals surface area contributed by atoms with Crippen molar-refractivity contribution < 1.29 is 14.4 Å². The minimum absolute atomic E-state index is 0.339. The monoisotopic (exact) mass is 322 g/mol. The van der Waals surface area contributed by atoms with E-state index in [0.29, 0.717) is 5.56 Å². The van der Waals surface area contributed by atoms with Crippen LogP contribution in [0.1, 0.15) is 69.3 Å². The quantitative estimate of drug-likeness (QED) is 0.639. The van der Waals surface area contributed by atoms with Gasteiger partial charge in [-0.15, -0.1) is 0 Å². The number of carboxylic acids is 1. The van der Waals surface area contributed by atoms with Crippen LogP contribution in [-0.4, -0.2) is 41.7 Å². The van der Waals surface area contributed by atoms with Crippen LogP contribution in [0.2, 0.25) is 0 Å². The van der Waals surface area contributed by atoms with E-state index < -0.39 is 5.97 Å². The van der Waals surface area contributed by atoms with E-state index in [1.807, 2.05) is 6.92 Å². The van der Waals surface area contributed by atoms with E-state index >= 15 is 0 Å². The first-order valence-corrected chi connectivity index (χ1v) is 9.09. The van der Waals surface area contributed by atoms with Crippen LogP contribution in [0.4, 0.5) is 0 Å². The van der Waals surface area contributed by atoms with Gasteiger partial charge in [-0.1, -0.05) is 45.4 Å². The predicted octanol–water partition coefficient (Wildman–Crippen LogP) is 5.14. The van der Waals surface area contributed by atoms with E-state index in [-0.39, 0.29) is 0 Å². The molecule has 132 valence electrons. The molecule has 0 unspecified atom stereocenters. The number of rotatable bonds is 9. The molecule has 3 nitrogen and oxygen atoms in total. The Bertz CT molecular complexity index is 396. The molecule has 0 saturated heterocycles. The van der Waals surface area contributed by atoms with Crippen molar-refractivity contribution in [1.82, 2.24) is 0 Å². The Balaban J connectivity index is 0.000000433. The molecule has 1 N–H and O–H groups in total. The van der Waals surface area contributed by atoms with Crippen molar-refractivity contribution in [1.29, 1.82) is 0 Å². The van der Waals surface area contributed by atoms with Gasteiger partial charge in [-0.25, -0.2) is 4.79 Å². The molecule has 0 atom stereocenters. The van der Waals surface area contributed by atoms with Crippen LogP contribution in [0.15, 0.2) is 24.3 Å². The van der Waals surface area contributed by atoms with Crippen molar-refractivity contribution in [2.45, 2.75) is 60.3 Å². The van der Waals surface area contributed by atoms with Crippen LogP contribution < -0.4 is 0 Å². The van der Waals surface area contributed by atoms with E-state index in [0.717, 1.165) is 5.56 Å². The van der Waals surface area contributed by atoms with Gasteiger partial charge in [0.05, 0.1) is 31.7 Å². The second-order valence-electron chi connectivity index (χ2n) is 6.41. The highest BCUT2D eigenvalue weighted by atomic mass is 16.4. The largest absolute Gasteiger partial charge is 0.478 e. The molecule has 0 spiro atoms. The summed E-state index contributed by atoms with van der Waals surface area (Å²) in [6, 6.07) is 6.75. The molecule has 0 amide bonds. The van der Waals surface area contributed by atoms with Crippen molar-refractivity contribution in [2.24, 2.45) is 0 Å². The minimum atomic E-state index is -0.875. The summed E-state index contributed by atoms with van der Waals surface area (Å²) in [5.41, 5.74) is 1.41. The van der Waals surface area contributed by atoms with Crippen molar-refractivity contribution >= 4 is 5.97 Å². The standard InChI is InChI=1S/C12H28N.C8H8O2/c1-5-9-13(10-6-2,11-7-3)12-8-4;1-6-2-4-7(5-3-6)8(9)10/h5-12H2,1-4H3;2-5H,1H3,(H,9,10)/q+1;. The summed E-state index contributed by atoms with van der Waals surface area (Å²) >= 11 is 0. The fourth-order valence-corrected chi connectivity index (χ4v) is 3.26. The highest BCUT2D eigenvalue weighted by Crippen LogP contribution is 2.12. The van der Waals surface area contributed by atoms with E-state index in [2.05, 4.69) is 27.7 Å². The van der Waals surface area contributed by atoms with Crippen LogP contribution >= 0.6 is 0 Å². The Kier molecular flexibility index (Phi) is 11.4. The Hall–Kier alpha value is -1.35. The fourth-order valence-electron chi connectivity index (χ4n) is 3.26. The molecule has 0 heterocycles. The average molecular weight is 323 g/mol. The van der Waals surface area contributed by atoms with Crippen molar-refractivity contribution in [3.8, 4) is 0 Å². The third kappa shape index (κ3) is 8.75. The molecule has 0 bridgehead atoms. The molecule has 0 aliphatic carbocycles. The number of carboxylic acid groups (broad SMARTS) is 1. The molecule has 0 aliphatic heterocycles. The van der Waals surface area contributed by atoms with Crippen LogP contribution in [0.5, 0.6) is 0 Å². The Morgan fingerprint density at radius 2 is 1.17 bits per heavy atom. The molecular weight excluding hydrogens is 286 g/mol. The zero-order valence-electron chi connectivity index (χ0n) is 15.8. The second-order valence-corrected chi connectivity index (χ2v) is 6.41. The lowest BCUT2D eigenvalue weighted by atomic mass is 10.2. The third-order valence-corrected chi connectivity index (χ3v) is 4.09. The Labute approximate surface area is 142 Å². The predicted molar refractivity (Wildman–Crippen MR) is 99.0 cm³/mol. The number of nitrogens with zero attached hydrogens (tertiary/aromatic N) is 1. The summed E-state index contributed by atoms with van der Waals surface area (Å²) in [6.07, 6.45) is 5.33. The lowest BCUT2D eigenvalue weighted by Crippen LogP contribution is -2.50. The van der Waals surface area contributed by atoms with Crippen molar-refractivity contribution in [3.63, 3.8) is 0 Å². The molecule has 0 aliphatic rings. The topological polar surface area (TPSA) is 37.3 Å². The van der Waals surface area contributed by atoms with Gasteiger partial charge in [-0.05, 0) is 44.7 Å². The normalized spacial score (nSPS) is 10.8. The van der Waals surface area contributed by atoms with Gasteiger partial charge in [0, 0.05) is 0 Å². The van der Waals surface area contributed by atoms with Gasteiger partial charge in [-0.2, -0.15) is 0 Å². The number of hydrogen-bond acceptors (Lipinski definition) is 1. The Morgan fingerprint density at radius 3 is 1.43 bits per heavy atom. The number of hydrogen-bond donors (Lipinski definition) is 1. The summed E-state index contributed by atoms with van der Waals surface area (Å²) in [5.74, 6) is -0.875. The fraction of sp³-hybridized carbons (Fsp3) is 0.650. The number of quaternary nitrogens is 1. The highest BCUT2D eigenvalue weighted by Gasteiger charge is 2.22. The van der Waals surface area contributed by atoms with Crippen LogP contribution in [0.25, 0.3) is 0 Å². The summed E-state index contributed by atoms with van der Waals surface area (Å²) in [4.78, 5) is 10.3. The number of carbonyl (C=O) groups is 1. The zero-order valence-corrected chi connectivity index (χ0v) is 15.8. The van der Waals surface area contributed by atoms with Gasteiger partial charge in [0.15, 0.2) is 0 Å². The second kappa shape index (κ2) is 12.1. The average Bonchev–Trinajstić information content (AvgIpc) is 2.49. The lowest BCUT2D eigenvalue weighted by molar-refractivity contribution is -0.928. The van der Waals surface area contributed by atoms with Gasteiger partial charge in [0.25, 0.3) is 0 Å². The first kappa shape index (κ1) is 21.6. The zero-order chi connectivity index (χ0) is 17.7. The summed E-state index contributed by atoms with van der Waals surface area (Å²) in [6.45, 7) is 16.7. The number of aryl methyl sites for hydroxylation is 1. The molecule has 0 radical (unpaired) electrons. The van der Waals surface area contributed by atoms with Gasteiger partial charge in [0.1, 0.15) is 0 Å². The van der Waals surface area contributed by atoms with E-state index in [9.17, 15) is 4.79 Å². The first-order valence-electron chi connectivity index (χ1n) is 9.09. The molecule has 23 heavy (non-hydrogen) atoms. The summed E-state index contributed by atoms with van der Waals surface area (Å²) < 4.78 is 1.38. The molecule has 0 saturated carbocycles. The lowest BCUT2D eigenvalue weighted by Gasteiger charge is -2.38. The molecule has 1 rings (SSSR count). The first-order chi connectivity index (χ1) is 10.9. The minimum Gasteiger partial charge on any atom is -0.478 e. The van der Waals surface area contributed by atoms with E-state index in [4.69, 9.17) is 5.11 Å².